The van der Waals surface area contributed by atoms with Gasteiger partial charge in [-0.25, -0.2) is 13.8 Å². The molecule has 0 saturated carbocycles. The molecule has 3 aromatic rings. The van der Waals surface area contributed by atoms with Gasteiger partial charge >= 0.3 is 0 Å². The number of fused-ring (bicyclic) bond motifs is 1. The maximum atomic E-state index is 12.8. The summed E-state index contributed by atoms with van der Waals surface area (Å²) >= 11 is 0. The van der Waals surface area contributed by atoms with Crippen LogP contribution in [0.3, 0.4) is 0 Å². The van der Waals surface area contributed by atoms with Gasteiger partial charge in [0, 0.05) is 7.05 Å². The summed E-state index contributed by atoms with van der Waals surface area (Å²) in [7, 11) is -2.44. The van der Waals surface area contributed by atoms with Crippen LogP contribution in [0.25, 0.3) is 10.8 Å². The number of hydrogen-bond acceptors (Lipinski definition) is 5. The second kappa shape index (κ2) is 9.51. The first kappa shape index (κ1) is 21.5. The average Bonchev–Trinajstić information content (AvgIpc) is 2.74. The lowest BCUT2D eigenvalue weighted by Crippen LogP contribution is -2.36. The number of nitrogens with one attached hydrogen (secondary N) is 1. The van der Waals surface area contributed by atoms with Gasteiger partial charge in [0.15, 0.2) is 0 Å². The Morgan fingerprint density at radius 2 is 1.77 bits per heavy atom. The number of nitrogens with zero attached hydrogens (tertiary/aromatic N) is 2. The number of amides is 1. The van der Waals surface area contributed by atoms with E-state index in [0.29, 0.717) is 6.61 Å². The number of carbonyl (C=O) groups excluding carboxylic acids is 1. The van der Waals surface area contributed by atoms with E-state index in [0.717, 1.165) is 26.4 Å². The first-order valence-corrected chi connectivity index (χ1v) is 10.8. The molecule has 0 aromatic heterocycles. The molecule has 0 unspecified atom stereocenters. The van der Waals surface area contributed by atoms with Gasteiger partial charge in [-0.1, -0.05) is 30.3 Å². The zero-order valence-electron chi connectivity index (χ0n) is 16.8. The van der Waals surface area contributed by atoms with Crippen LogP contribution in [0.1, 0.15) is 12.5 Å². The molecule has 156 valence electrons. The van der Waals surface area contributed by atoms with E-state index in [9.17, 15) is 13.2 Å². The Balaban J connectivity index is 1.60. The Hall–Kier alpha value is -3.23. The fraction of sp³-hybridized carbons (Fsp3) is 0.182. The van der Waals surface area contributed by atoms with Gasteiger partial charge in [-0.3, -0.25) is 4.79 Å². The van der Waals surface area contributed by atoms with Gasteiger partial charge in [0.05, 0.1) is 24.3 Å². The van der Waals surface area contributed by atoms with E-state index in [4.69, 9.17) is 4.74 Å². The predicted octanol–water partition coefficient (Wildman–Crippen LogP) is 3.01. The normalized spacial score (nSPS) is 11.8. The van der Waals surface area contributed by atoms with E-state index in [-0.39, 0.29) is 11.4 Å². The average molecular weight is 426 g/mol. The molecule has 0 bridgehead atoms. The SMILES string of the molecule is CCOc1ccc(/C=N\NC(=O)CN(C)S(=O)(=O)c2ccc3ccccc3c2)cc1. The monoisotopic (exact) mass is 425 g/mol. The largest absolute Gasteiger partial charge is 0.494 e. The highest BCUT2D eigenvalue weighted by Gasteiger charge is 2.23. The fourth-order valence-electron chi connectivity index (χ4n) is 2.83. The molecule has 0 aliphatic carbocycles. The summed E-state index contributed by atoms with van der Waals surface area (Å²) in [5.41, 5.74) is 3.12. The molecule has 1 N–H and O–H groups in total. The van der Waals surface area contributed by atoms with E-state index in [1.54, 1.807) is 36.4 Å². The summed E-state index contributed by atoms with van der Waals surface area (Å²) in [5, 5.41) is 5.64. The smallest absolute Gasteiger partial charge is 0.255 e. The summed E-state index contributed by atoms with van der Waals surface area (Å²) in [6.45, 7) is 2.14. The zero-order valence-corrected chi connectivity index (χ0v) is 17.6. The minimum absolute atomic E-state index is 0.134. The van der Waals surface area contributed by atoms with Crippen LogP contribution in [0.15, 0.2) is 76.7 Å². The maximum absolute atomic E-state index is 12.8. The van der Waals surface area contributed by atoms with Crippen LogP contribution in [0.5, 0.6) is 5.75 Å². The van der Waals surface area contributed by atoms with Gasteiger partial charge in [0.25, 0.3) is 5.91 Å². The van der Waals surface area contributed by atoms with E-state index in [2.05, 4.69) is 10.5 Å². The van der Waals surface area contributed by atoms with E-state index in [1.165, 1.54) is 19.3 Å². The molecule has 8 heteroatoms. The Labute approximate surface area is 176 Å². The Bertz CT molecular complexity index is 1160. The van der Waals surface area contributed by atoms with E-state index in [1.807, 2.05) is 31.2 Å². The highest BCUT2D eigenvalue weighted by Crippen LogP contribution is 2.21. The van der Waals surface area contributed by atoms with Crippen molar-refractivity contribution in [1.29, 1.82) is 0 Å². The summed E-state index contributed by atoms with van der Waals surface area (Å²) in [6.07, 6.45) is 1.48. The van der Waals surface area contributed by atoms with Gasteiger partial charge in [-0.05, 0) is 59.7 Å². The van der Waals surface area contributed by atoms with E-state index < -0.39 is 15.9 Å². The van der Waals surface area contributed by atoms with Crippen molar-refractivity contribution < 1.29 is 17.9 Å². The number of ether oxygens (including phenoxy) is 1. The van der Waals surface area contributed by atoms with Crippen LogP contribution in [0.2, 0.25) is 0 Å². The second-order valence-corrected chi connectivity index (χ2v) is 8.61. The van der Waals surface area contributed by atoms with Crippen LogP contribution in [-0.2, 0) is 14.8 Å². The minimum atomic E-state index is -3.81. The highest BCUT2D eigenvalue weighted by molar-refractivity contribution is 7.89. The molecule has 0 atom stereocenters. The van der Waals surface area contributed by atoms with Crippen molar-refractivity contribution in [2.24, 2.45) is 5.10 Å². The number of carbonyl (C=O) groups is 1. The van der Waals surface area contributed by atoms with Crippen LogP contribution < -0.4 is 10.2 Å². The van der Waals surface area contributed by atoms with E-state index >= 15 is 0 Å². The van der Waals surface area contributed by atoms with Gasteiger partial charge in [0.2, 0.25) is 10.0 Å². The van der Waals surface area contributed by atoms with Gasteiger partial charge < -0.3 is 4.74 Å². The number of rotatable bonds is 8. The molecule has 0 aliphatic heterocycles. The first-order chi connectivity index (χ1) is 14.4. The Morgan fingerprint density at radius 1 is 1.07 bits per heavy atom. The molecule has 1 amide bonds. The quantitative estimate of drug-likeness (QED) is 0.444. The summed E-state index contributed by atoms with van der Waals surface area (Å²) in [4.78, 5) is 12.3. The van der Waals surface area contributed by atoms with Crippen LogP contribution in [0.4, 0.5) is 0 Å². The Kier molecular flexibility index (Phi) is 6.81. The molecule has 0 spiro atoms. The maximum Gasteiger partial charge on any atom is 0.255 e. The minimum Gasteiger partial charge on any atom is -0.494 e. The third-order valence-electron chi connectivity index (χ3n) is 4.39. The summed E-state index contributed by atoms with van der Waals surface area (Å²) in [6, 6.07) is 19.6. The third kappa shape index (κ3) is 5.22. The van der Waals surface area contributed by atoms with Crippen LogP contribution in [0, 0.1) is 0 Å². The molecule has 0 fully saturated rings. The van der Waals surface area contributed by atoms with Gasteiger partial charge in [0.1, 0.15) is 5.75 Å². The lowest BCUT2D eigenvalue weighted by molar-refractivity contribution is -0.121. The lowest BCUT2D eigenvalue weighted by atomic mass is 10.1. The highest BCUT2D eigenvalue weighted by atomic mass is 32.2. The molecule has 0 saturated heterocycles. The lowest BCUT2D eigenvalue weighted by Gasteiger charge is -2.16. The summed E-state index contributed by atoms with van der Waals surface area (Å²) in [5.74, 6) is 0.211. The van der Waals surface area contributed by atoms with Crippen molar-refractivity contribution in [2.45, 2.75) is 11.8 Å². The number of hydrazone groups is 1. The molecule has 3 aromatic carbocycles. The van der Waals surface area contributed by atoms with Crippen molar-refractivity contribution in [1.82, 2.24) is 9.73 Å². The third-order valence-corrected chi connectivity index (χ3v) is 6.19. The predicted molar refractivity (Wildman–Crippen MR) is 117 cm³/mol. The number of benzene rings is 3. The van der Waals surface area contributed by atoms with Crippen molar-refractivity contribution in [2.75, 3.05) is 20.2 Å². The van der Waals surface area contributed by atoms with Crippen LogP contribution >= 0.6 is 0 Å². The molecule has 0 radical (unpaired) electrons. The van der Waals surface area contributed by atoms with Crippen molar-refractivity contribution in [3.8, 4) is 5.75 Å². The topological polar surface area (TPSA) is 88.1 Å². The summed E-state index contributed by atoms with van der Waals surface area (Å²) < 4.78 is 31.9. The van der Waals surface area contributed by atoms with Gasteiger partial charge in [-0.2, -0.15) is 9.41 Å². The fourth-order valence-corrected chi connectivity index (χ4v) is 3.99. The number of hydrogen-bond donors (Lipinski definition) is 1. The second-order valence-electron chi connectivity index (χ2n) is 6.57. The van der Waals surface area contributed by atoms with Crippen molar-refractivity contribution >= 4 is 32.9 Å². The number of likely N-dealkylation sites (N-methyl/N-ethyl adjacent to an activating group) is 1. The van der Waals surface area contributed by atoms with Crippen molar-refractivity contribution in [3.05, 3.63) is 72.3 Å². The molecule has 3 rings (SSSR count). The van der Waals surface area contributed by atoms with Crippen molar-refractivity contribution in [3.63, 3.8) is 0 Å². The molecule has 7 nitrogen and oxygen atoms in total. The molecular formula is C22H23N3O4S. The Morgan fingerprint density at radius 3 is 2.47 bits per heavy atom. The first-order valence-electron chi connectivity index (χ1n) is 9.40. The number of sulfonamides is 1. The zero-order chi connectivity index (χ0) is 21.6. The molecule has 0 heterocycles. The van der Waals surface area contributed by atoms with Gasteiger partial charge in [-0.15, -0.1) is 0 Å². The van der Waals surface area contributed by atoms with Crippen LogP contribution in [-0.4, -0.2) is 45.0 Å². The molecule has 30 heavy (non-hydrogen) atoms. The standard InChI is InChI=1S/C22H23N3O4S/c1-3-29-20-11-8-17(9-12-20)15-23-24-22(26)16-25(2)30(27,28)21-13-10-18-6-4-5-7-19(18)14-21/h4-15H,3,16H2,1-2H3,(H,24,26)/b23-15-. The molecule has 0 aliphatic rings. The molecular weight excluding hydrogens is 402 g/mol.